The summed E-state index contributed by atoms with van der Waals surface area (Å²) in [6.45, 7) is 1.66. The van der Waals surface area contributed by atoms with Crippen molar-refractivity contribution in [3.8, 4) is 5.75 Å². The molecule has 0 aliphatic carbocycles. The highest BCUT2D eigenvalue weighted by Gasteiger charge is 2.15. The van der Waals surface area contributed by atoms with Crippen molar-refractivity contribution in [2.24, 2.45) is 0 Å². The predicted octanol–water partition coefficient (Wildman–Crippen LogP) is 2.34. The predicted molar refractivity (Wildman–Crippen MR) is 77.3 cm³/mol. The van der Waals surface area contributed by atoms with Gasteiger partial charge >= 0.3 is 0 Å². The number of rotatable bonds is 1. The maximum atomic E-state index is 12.3. The molecule has 2 aromatic rings. The summed E-state index contributed by atoms with van der Waals surface area (Å²) in [5, 5.41) is 4.05. The van der Waals surface area contributed by atoms with Crippen molar-refractivity contribution in [1.82, 2.24) is 5.32 Å². The largest absolute Gasteiger partial charge is 0.497 e. The molecule has 0 saturated heterocycles. The van der Waals surface area contributed by atoms with Gasteiger partial charge in [0.2, 0.25) is 0 Å². The second-order valence-corrected chi connectivity index (χ2v) is 5.26. The van der Waals surface area contributed by atoms with Gasteiger partial charge in [-0.2, -0.15) is 0 Å². The van der Waals surface area contributed by atoms with Crippen LogP contribution < -0.4 is 15.5 Å². The van der Waals surface area contributed by atoms with E-state index >= 15 is 0 Å². The summed E-state index contributed by atoms with van der Waals surface area (Å²) in [5.41, 5.74) is 1.11. The summed E-state index contributed by atoms with van der Waals surface area (Å²) in [6, 6.07) is 5.66. The Balaban J connectivity index is 0.00000120. The molecule has 1 aliphatic heterocycles. The number of hydrogen-bond donors (Lipinski definition) is 1. The molecule has 0 spiro atoms. The van der Waals surface area contributed by atoms with Crippen LogP contribution in [-0.4, -0.2) is 13.7 Å². The number of fused-ring (bicyclic) bond motifs is 2. The zero-order valence-electron chi connectivity index (χ0n) is 9.99. The molecule has 0 amide bonds. The zero-order valence-corrected chi connectivity index (χ0v) is 11.6. The number of nitrogens with one attached hydrogen (secondary N) is 1. The molecule has 2 heterocycles. The molecule has 96 valence electrons. The lowest BCUT2D eigenvalue weighted by Gasteiger charge is -2.16. The molecule has 0 unspecified atom stereocenters. The number of halogens is 1. The van der Waals surface area contributed by atoms with E-state index in [-0.39, 0.29) is 17.8 Å². The van der Waals surface area contributed by atoms with Crippen LogP contribution >= 0.6 is 23.7 Å². The van der Waals surface area contributed by atoms with Crippen LogP contribution in [-0.2, 0) is 13.0 Å². The Labute approximate surface area is 115 Å². The maximum absolute atomic E-state index is 12.3. The fourth-order valence-corrected chi connectivity index (χ4v) is 3.38. The highest BCUT2D eigenvalue weighted by Crippen LogP contribution is 2.27. The molecule has 3 nitrogen and oxygen atoms in total. The smallest absolute Gasteiger partial charge is 0.192 e. The molecule has 0 bridgehead atoms. The van der Waals surface area contributed by atoms with Gasteiger partial charge in [-0.3, -0.25) is 4.79 Å². The summed E-state index contributed by atoms with van der Waals surface area (Å²) in [4.78, 5) is 13.5. The fraction of sp³-hybridized carbons (Fsp3) is 0.308. The van der Waals surface area contributed by atoms with Crippen molar-refractivity contribution in [2.45, 2.75) is 13.0 Å². The van der Waals surface area contributed by atoms with E-state index in [1.165, 1.54) is 4.88 Å². The van der Waals surface area contributed by atoms with Gasteiger partial charge in [-0.15, -0.1) is 23.7 Å². The second kappa shape index (κ2) is 5.26. The maximum Gasteiger partial charge on any atom is 0.192 e. The van der Waals surface area contributed by atoms with Crippen LogP contribution in [0.25, 0.3) is 10.1 Å². The van der Waals surface area contributed by atoms with E-state index < -0.39 is 0 Å². The molecule has 0 saturated carbocycles. The Morgan fingerprint density at radius 1 is 1.39 bits per heavy atom. The van der Waals surface area contributed by atoms with Crippen molar-refractivity contribution in [2.75, 3.05) is 13.7 Å². The molecule has 3 rings (SSSR count). The van der Waals surface area contributed by atoms with E-state index in [0.717, 1.165) is 34.4 Å². The highest BCUT2D eigenvalue weighted by molar-refractivity contribution is 7.18. The van der Waals surface area contributed by atoms with Crippen LogP contribution in [0, 0.1) is 0 Å². The lowest BCUT2D eigenvalue weighted by atomic mass is 10.1. The SMILES string of the molecule is COc1ccc2c(=O)c3c(sc2c1)CCNC3.Cl. The van der Waals surface area contributed by atoms with Gasteiger partial charge in [-0.05, 0) is 24.6 Å². The third-order valence-corrected chi connectivity index (χ3v) is 4.36. The normalized spacial score (nSPS) is 13.8. The van der Waals surface area contributed by atoms with Gasteiger partial charge in [0.05, 0.1) is 7.11 Å². The minimum Gasteiger partial charge on any atom is -0.497 e. The average molecular weight is 284 g/mol. The molecule has 0 atom stereocenters. The third-order valence-electron chi connectivity index (χ3n) is 3.11. The third kappa shape index (κ3) is 2.11. The van der Waals surface area contributed by atoms with E-state index in [9.17, 15) is 4.79 Å². The monoisotopic (exact) mass is 283 g/mol. The first-order chi connectivity index (χ1) is 8.29. The number of methoxy groups -OCH3 is 1. The molecule has 1 N–H and O–H groups in total. The van der Waals surface area contributed by atoms with Crippen molar-refractivity contribution in [3.05, 3.63) is 38.9 Å². The van der Waals surface area contributed by atoms with E-state index in [1.807, 2.05) is 18.2 Å². The summed E-state index contributed by atoms with van der Waals surface area (Å²) < 4.78 is 6.22. The summed E-state index contributed by atoms with van der Waals surface area (Å²) in [7, 11) is 1.65. The topological polar surface area (TPSA) is 38.3 Å². The molecule has 0 fully saturated rings. The summed E-state index contributed by atoms with van der Waals surface area (Å²) in [6.07, 6.45) is 0.947. The number of hydrogen-bond acceptors (Lipinski definition) is 4. The Morgan fingerprint density at radius 3 is 3.00 bits per heavy atom. The Kier molecular flexibility index (Phi) is 3.90. The van der Waals surface area contributed by atoms with Crippen LogP contribution in [0.3, 0.4) is 0 Å². The molecule has 1 aliphatic rings. The van der Waals surface area contributed by atoms with E-state index in [2.05, 4.69) is 5.32 Å². The van der Waals surface area contributed by atoms with Crippen molar-refractivity contribution >= 4 is 33.8 Å². The summed E-state index contributed by atoms with van der Waals surface area (Å²) >= 11 is 1.71. The van der Waals surface area contributed by atoms with Crippen LogP contribution in [0.5, 0.6) is 5.75 Å². The van der Waals surface area contributed by atoms with Gasteiger partial charge in [-0.25, -0.2) is 0 Å². The van der Waals surface area contributed by atoms with E-state index in [0.29, 0.717) is 6.54 Å². The molecule has 1 aromatic carbocycles. The molecular formula is C13H14ClNO2S. The first kappa shape index (κ1) is 13.3. The Hall–Kier alpha value is -1.10. The van der Waals surface area contributed by atoms with Crippen molar-refractivity contribution in [1.29, 1.82) is 0 Å². The number of benzene rings is 1. The second-order valence-electron chi connectivity index (χ2n) is 4.12. The Bertz CT molecular complexity index is 639. The van der Waals surface area contributed by atoms with Gasteiger partial charge in [0.1, 0.15) is 5.75 Å². The quantitative estimate of drug-likeness (QED) is 0.873. The molecule has 18 heavy (non-hydrogen) atoms. The fourth-order valence-electron chi connectivity index (χ4n) is 2.18. The molecule has 1 aromatic heterocycles. The lowest BCUT2D eigenvalue weighted by molar-refractivity contribution is 0.415. The summed E-state index contributed by atoms with van der Waals surface area (Å²) in [5.74, 6) is 0.807. The molecule has 0 radical (unpaired) electrons. The average Bonchev–Trinajstić information content (AvgIpc) is 2.38. The van der Waals surface area contributed by atoms with Crippen molar-refractivity contribution < 1.29 is 4.74 Å². The first-order valence-electron chi connectivity index (χ1n) is 5.63. The van der Waals surface area contributed by atoms with Gasteiger partial charge in [0.15, 0.2) is 5.43 Å². The van der Waals surface area contributed by atoms with E-state index in [1.54, 1.807) is 18.4 Å². The van der Waals surface area contributed by atoms with Gasteiger partial charge < -0.3 is 10.1 Å². The van der Waals surface area contributed by atoms with Crippen LogP contribution in [0.4, 0.5) is 0 Å². The number of ether oxygens (including phenoxy) is 1. The standard InChI is InChI=1S/C13H13NO2S.ClH/c1-16-8-2-3-9-12(6-8)17-11-4-5-14-7-10(11)13(9)15;/h2-3,6,14H,4-5,7H2,1H3;1H. The van der Waals surface area contributed by atoms with E-state index in [4.69, 9.17) is 4.74 Å². The van der Waals surface area contributed by atoms with Crippen molar-refractivity contribution in [3.63, 3.8) is 0 Å². The minimum atomic E-state index is 0. The van der Waals surface area contributed by atoms with Gasteiger partial charge in [0.25, 0.3) is 0 Å². The first-order valence-corrected chi connectivity index (χ1v) is 6.44. The molecule has 5 heteroatoms. The molecular weight excluding hydrogens is 270 g/mol. The minimum absolute atomic E-state index is 0. The lowest BCUT2D eigenvalue weighted by Crippen LogP contribution is -2.28. The highest BCUT2D eigenvalue weighted by atomic mass is 35.5. The van der Waals surface area contributed by atoms with Crippen LogP contribution in [0.15, 0.2) is 23.0 Å². The van der Waals surface area contributed by atoms with Gasteiger partial charge in [0, 0.05) is 33.6 Å². The zero-order chi connectivity index (χ0) is 11.8. The Morgan fingerprint density at radius 2 is 2.22 bits per heavy atom. The van der Waals surface area contributed by atoms with Crippen LogP contribution in [0.1, 0.15) is 10.4 Å². The van der Waals surface area contributed by atoms with Crippen LogP contribution in [0.2, 0.25) is 0 Å². The van der Waals surface area contributed by atoms with Gasteiger partial charge in [-0.1, -0.05) is 0 Å².